The van der Waals surface area contributed by atoms with Crippen molar-refractivity contribution < 1.29 is 9.66 Å². The molecular formula is C17H7Br2ClN2O3. The van der Waals surface area contributed by atoms with E-state index in [9.17, 15) is 10.1 Å². The molecule has 3 aromatic rings. The highest BCUT2D eigenvalue weighted by molar-refractivity contribution is 9.11. The van der Waals surface area contributed by atoms with Crippen molar-refractivity contribution in [3.05, 3.63) is 72.1 Å². The molecule has 0 amide bonds. The van der Waals surface area contributed by atoms with Crippen molar-refractivity contribution in [2.75, 3.05) is 0 Å². The molecule has 8 heteroatoms. The molecule has 0 atom stereocenters. The molecule has 0 saturated heterocycles. The van der Waals surface area contributed by atoms with E-state index in [0.717, 1.165) is 15.2 Å². The van der Waals surface area contributed by atoms with E-state index in [0.29, 0.717) is 10.2 Å². The molecule has 5 nitrogen and oxygen atoms in total. The lowest BCUT2D eigenvalue weighted by atomic mass is 10.1. The van der Waals surface area contributed by atoms with Crippen LogP contribution in [0.5, 0.6) is 11.5 Å². The molecular weight excluding hydrogens is 475 g/mol. The number of hydrogen-bond donors (Lipinski definition) is 0. The van der Waals surface area contributed by atoms with Gasteiger partial charge in [-0.2, -0.15) is 5.26 Å². The third-order valence-corrected chi connectivity index (χ3v) is 5.18. The lowest BCUT2D eigenvalue weighted by Crippen LogP contribution is -1.95. The number of rotatable bonds is 3. The normalized spacial score (nSPS) is 10.5. The first-order chi connectivity index (χ1) is 11.9. The first kappa shape index (κ1) is 17.7. The van der Waals surface area contributed by atoms with E-state index in [1.807, 2.05) is 24.3 Å². The smallest absolute Gasteiger partial charge is 0.288 e. The van der Waals surface area contributed by atoms with Crippen LogP contribution in [0.25, 0.3) is 10.8 Å². The van der Waals surface area contributed by atoms with Crippen LogP contribution >= 0.6 is 43.5 Å². The fourth-order valence-corrected chi connectivity index (χ4v) is 3.52. The van der Waals surface area contributed by atoms with Crippen LogP contribution in [0.1, 0.15) is 5.56 Å². The minimum atomic E-state index is -0.655. The maximum atomic E-state index is 11.0. The summed E-state index contributed by atoms with van der Waals surface area (Å²) in [7, 11) is 0. The highest BCUT2D eigenvalue weighted by atomic mass is 79.9. The summed E-state index contributed by atoms with van der Waals surface area (Å²) in [6, 6.07) is 13.8. The van der Waals surface area contributed by atoms with Crippen molar-refractivity contribution >= 4 is 59.9 Å². The maximum absolute atomic E-state index is 11.0. The molecule has 3 rings (SSSR count). The van der Waals surface area contributed by atoms with E-state index in [-0.39, 0.29) is 22.0 Å². The minimum absolute atomic E-state index is 0.0977. The van der Waals surface area contributed by atoms with Gasteiger partial charge < -0.3 is 4.74 Å². The highest BCUT2D eigenvalue weighted by Gasteiger charge is 2.21. The van der Waals surface area contributed by atoms with Gasteiger partial charge in [-0.1, -0.05) is 39.7 Å². The van der Waals surface area contributed by atoms with Gasteiger partial charge in [0.05, 0.1) is 9.40 Å². The second kappa shape index (κ2) is 7.00. The van der Waals surface area contributed by atoms with E-state index >= 15 is 0 Å². The predicted molar refractivity (Wildman–Crippen MR) is 102 cm³/mol. The number of fused-ring (bicyclic) bond motifs is 1. The molecule has 124 valence electrons. The molecule has 0 aliphatic rings. The molecule has 0 aromatic heterocycles. The Morgan fingerprint density at radius 2 is 1.84 bits per heavy atom. The van der Waals surface area contributed by atoms with Crippen LogP contribution in [0.4, 0.5) is 5.69 Å². The van der Waals surface area contributed by atoms with Crippen molar-refractivity contribution in [2.24, 2.45) is 0 Å². The van der Waals surface area contributed by atoms with Crippen LogP contribution in [0.2, 0.25) is 5.02 Å². The molecule has 0 unspecified atom stereocenters. The average Bonchev–Trinajstić information content (AvgIpc) is 2.58. The summed E-state index contributed by atoms with van der Waals surface area (Å²) < 4.78 is 7.46. The molecule has 0 fully saturated rings. The molecule has 0 aliphatic heterocycles. The number of halogens is 3. The Balaban J connectivity index is 2.08. The standard InChI is InChI=1S/C17H7Br2ClN2O3/c18-10-2-3-11-9(7-10)1-5-14(16(11)19)25-15-6-4-13(22(23)24)12(8-21)17(15)20/h1-7H. The first-order valence-electron chi connectivity index (χ1n) is 6.85. The molecule has 0 saturated carbocycles. The quantitative estimate of drug-likeness (QED) is 0.312. The van der Waals surface area contributed by atoms with Crippen molar-refractivity contribution in [1.29, 1.82) is 5.26 Å². The van der Waals surface area contributed by atoms with Gasteiger partial charge >= 0.3 is 0 Å². The van der Waals surface area contributed by atoms with E-state index in [2.05, 4.69) is 31.9 Å². The second-order valence-corrected chi connectivity index (χ2v) is 7.07. The summed E-state index contributed by atoms with van der Waals surface area (Å²) in [5.74, 6) is 0.649. The Morgan fingerprint density at radius 3 is 2.52 bits per heavy atom. The van der Waals surface area contributed by atoms with Crippen LogP contribution in [-0.2, 0) is 0 Å². The van der Waals surface area contributed by atoms with Crippen LogP contribution in [0, 0.1) is 21.4 Å². The van der Waals surface area contributed by atoms with Crippen LogP contribution < -0.4 is 4.74 Å². The average molecular weight is 483 g/mol. The summed E-state index contributed by atoms with van der Waals surface area (Å²) in [6.45, 7) is 0. The van der Waals surface area contributed by atoms with Crippen LogP contribution in [0.3, 0.4) is 0 Å². The fourth-order valence-electron chi connectivity index (χ4n) is 2.32. The number of ether oxygens (including phenoxy) is 1. The van der Waals surface area contributed by atoms with Crippen LogP contribution in [0.15, 0.2) is 51.4 Å². The van der Waals surface area contributed by atoms with Gasteiger partial charge in [0.25, 0.3) is 5.69 Å². The number of nitriles is 1. The topological polar surface area (TPSA) is 76.2 Å². The van der Waals surface area contributed by atoms with Gasteiger partial charge in [0.1, 0.15) is 22.6 Å². The van der Waals surface area contributed by atoms with Crippen LogP contribution in [-0.4, -0.2) is 4.92 Å². The van der Waals surface area contributed by atoms with Crippen molar-refractivity contribution in [1.82, 2.24) is 0 Å². The summed E-state index contributed by atoms with van der Waals surface area (Å²) in [4.78, 5) is 10.3. The monoisotopic (exact) mass is 480 g/mol. The van der Waals surface area contributed by atoms with Gasteiger partial charge in [0, 0.05) is 10.5 Å². The lowest BCUT2D eigenvalue weighted by molar-refractivity contribution is -0.385. The zero-order valence-electron chi connectivity index (χ0n) is 12.3. The molecule has 0 spiro atoms. The lowest BCUT2D eigenvalue weighted by Gasteiger charge is -2.12. The second-order valence-electron chi connectivity index (χ2n) is 4.99. The van der Waals surface area contributed by atoms with Gasteiger partial charge in [-0.15, -0.1) is 0 Å². The third kappa shape index (κ3) is 3.33. The number of nitro groups is 1. The first-order valence-corrected chi connectivity index (χ1v) is 8.81. The molecule has 0 heterocycles. The summed E-state index contributed by atoms with van der Waals surface area (Å²) >= 11 is 13.1. The largest absolute Gasteiger partial charge is 0.455 e. The highest BCUT2D eigenvalue weighted by Crippen LogP contribution is 2.41. The number of hydrogen-bond acceptors (Lipinski definition) is 4. The van der Waals surface area contributed by atoms with Crippen molar-refractivity contribution in [3.8, 4) is 17.6 Å². The Kier molecular flexibility index (Phi) is 4.95. The number of benzene rings is 3. The SMILES string of the molecule is N#Cc1c([N+](=O)[O-])ccc(Oc2ccc3cc(Br)ccc3c2Br)c1Cl. The molecule has 0 bridgehead atoms. The molecule has 0 N–H and O–H groups in total. The Morgan fingerprint density at radius 1 is 1.12 bits per heavy atom. The van der Waals surface area contributed by atoms with E-state index < -0.39 is 4.92 Å². The van der Waals surface area contributed by atoms with Gasteiger partial charge in [0.15, 0.2) is 5.56 Å². The van der Waals surface area contributed by atoms with Crippen molar-refractivity contribution in [2.45, 2.75) is 0 Å². The van der Waals surface area contributed by atoms with E-state index in [1.165, 1.54) is 12.1 Å². The van der Waals surface area contributed by atoms with E-state index in [1.54, 1.807) is 12.1 Å². The van der Waals surface area contributed by atoms with Gasteiger partial charge in [-0.05, 0) is 51.0 Å². The molecule has 0 radical (unpaired) electrons. The molecule has 0 aliphatic carbocycles. The fraction of sp³-hybridized carbons (Fsp3) is 0. The predicted octanol–water partition coefficient (Wildman–Crippen LogP) is 6.59. The maximum Gasteiger partial charge on any atom is 0.288 e. The number of nitrogens with zero attached hydrogens (tertiary/aromatic N) is 2. The minimum Gasteiger partial charge on any atom is -0.455 e. The van der Waals surface area contributed by atoms with Gasteiger partial charge in [-0.3, -0.25) is 10.1 Å². The Bertz CT molecular complexity index is 1060. The summed E-state index contributed by atoms with van der Waals surface area (Å²) in [5, 5.41) is 22.0. The van der Waals surface area contributed by atoms with Gasteiger partial charge in [0.2, 0.25) is 0 Å². The Hall–Kier alpha value is -2.14. The molecule has 3 aromatic carbocycles. The zero-order chi connectivity index (χ0) is 18.1. The number of nitro benzene ring substituents is 1. The van der Waals surface area contributed by atoms with Crippen molar-refractivity contribution in [3.63, 3.8) is 0 Å². The van der Waals surface area contributed by atoms with E-state index in [4.69, 9.17) is 21.6 Å². The van der Waals surface area contributed by atoms with Gasteiger partial charge in [-0.25, -0.2) is 0 Å². The third-order valence-electron chi connectivity index (χ3n) is 3.49. The summed E-state index contributed by atoms with van der Waals surface area (Å²) in [5.41, 5.74) is -0.590. The summed E-state index contributed by atoms with van der Waals surface area (Å²) in [6.07, 6.45) is 0. The molecule has 25 heavy (non-hydrogen) atoms. The Labute approximate surface area is 164 Å². The zero-order valence-corrected chi connectivity index (χ0v) is 16.2.